The lowest BCUT2D eigenvalue weighted by molar-refractivity contribution is 0.0963. The third-order valence-corrected chi connectivity index (χ3v) is 3.05. The Morgan fingerprint density at radius 2 is 2.24 bits per heavy atom. The van der Waals surface area contributed by atoms with Crippen molar-refractivity contribution in [1.29, 1.82) is 0 Å². The highest BCUT2D eigenvalue weighted by atomic mass is 16.1. The zero-order chi connectivity index (χ0) is 12.7. The summed E-state index contributed by atoms with van der Waals surface area (Å²) in [6.45, 7) is 2.86. The number of aromatic nitrogens is 3. The summed E-state index contributed by atoms with van der Waals surface area (Å²) in [6, 6.07) is 0. The van der Waals surface area contributed by atoms with Crippen molar-refractivity contribution in [3.63, 3.8) is 0 Å². The second-order valence-corrected chi connectivity index (χ2v) is 4.44. The Bertz CT molecular complexity index is 342. The first-order valence-electron chi connectivity index (χ1n) is 6.27. The van der Waals surface area contributed by atoms with E-state index in [1.807, 2.05) is 0 Å². The van der Waals surface area contributed by atoms with Gasteiger partial charge >= 0.3 is 0 Å². The molecule has 1 aromatic rings. The fraction of sp³-hybridized carbons (Fsp3) is 0.750. The Labute approximate surface area is 102 Å². The van der Waals surface area contributed by atoms with E-state index < -0.39 is 0 Å². The summed E-state index contributed by atoms with van der Waals surface area (Å²) in [4.78, 5) is 11.9. The normalized spacial score (nSPS) is 12.6. The topological polar surface area (TPSA) is 73.8 Å². The molecule has 1 heterocycles. The summed E-state index contributed by atoms with van der Waals surface area (Å²) in [7, 11) is 1.74. The fourth-order valence-electron chi connectivity index (χ4n) is 2.08. The second-order valence-electron chi connectivity index (χ2n) is 4.44. The molecule has 0 amide bonds. The lowest BCUT2D eigenvalue weighted by Gasteiger charge is -2.14. The van der Waals surface area contributed by atoms with Crippen molar-refractivity contribution in [2.75, 3.05) is 6.54 Å². The van der Waals surface area contributed by atoms with Gasteiger partial charge in [-0.2, -0.15) is 0 Å². The number of nitrogens with zero attached hydrogens (tertiary/aromatic N) is 3. The van der Waals surface area contributed by atoms with E-state index in [-0.39, 0.29) is 5.78 Å². The summed E-state index contributed by atoms with van der Waals surface area (Å²) in [6.07, 6.45) is 6.30. The van der Waals surface area contributed by atoms with E-state index >= 15 is 0 Å². The SMILES string of the molecule is CCCC(CCN)CCC(=O)c1cnnn1C. The van der Waals surface area contributed by atoms with E-state index in [2.05, 4.69) is 17.2 Å². The fourth-order valence-corrected chi connectivity index (χ4v) is 2.08. The maximum atomic E-state index is 11.9. The first kappa shape index (κ1) is 13.8. The van der Waals surface area contributed by atoms with Crippen molar-refractivity contribution in [1.82, 2.24) is 15.0 Å². The first-order valence-corrected chi connectivity index (χ1v) is 6.27. The van der Waals surface area contributed by atoms with Gasteiger partial charge < -0.3 is 5.73 Å². The average molecular weight is 238 g/mol. The van der Waals surface area contributed by atoms with E-state index in [0.717, 1.165) is 25.7 Å². The van der Waals surface area contributed by atoms with Crippen LogP contribution in [0, 0.1) is 5.92 Å². The molecule has 0 spiro atoms. The molecule has 0 saturated heterocycles. The molecule has 1 rings (SSSR count). The van der Waals surface area contributed by atoms with Crippen LogP contribution in [-0.4, -0.2) is 27.3 Å². The monoisotopic (exact) mass is 238 g/mol. The first-order chi connectivity index (χ1) is 8.19. The van der Waals surface area contributed by atoms with Crippen LogP contribution < -0.4 is 5.73 Å². The number of Topliss-reactive ketones (excluding diaryl/α,β-unsaturated/α-hetero) is 1. The molecule has 0 aliphatic rings. The van der Waals surface area contributed by atoms with Crippen molar-refractivity contribution >= 4 is 5.78 Å². The number of aryl methyl sites for hydroxylation is 1. The van der Waals surface area contributed by atoms with Crippen LogP contribution in [-0.2, 0) is 7.05 Å². The lowest BCUT2D eigenvalue weighted by atomic mass is 9.93. The maximum Gasteiger partial charge on any atom is 0.182 e. The number of carbonyl (C=O) groups excluding carboxylic acids is 1. The molecule has 96 valence electrons. The standard InChI is InChI=1S/C12H22N4O/c1-3-4-10(7-8-13)5-6-12(17)11-9-14-15-16(11)2/h9-10H,3-8,13H2,1-2H3. The number of carbonyl (C=O) groups is 1. The van der Waals surface area contributed by atoms with Crippen LogP contribution in [0.25, 0.3) is 0 Å². The van der Waals surface area contributed by atoms with Crippen molar-refractivity contribution in [3.8, 4) is 0 Å². The predicted octanol–water partition coefficient (Wildman–Crippen LogP) is 1.54. The summed E-state index contributed by atoms with van der Waals surface area (Å²) in [5.74, 6) is 0.686. The van der Waals surface area contributed by atoms with Gasteiger partial charge in [0.1, 0.15) is 5.69 Å². The van der Waals surface area contributed by atoms with E-state index in [9.17, 15) is 4.79 Å². The van der Waals surface area contributed by atoms with Gasteiger partial charge in [-0.1, -0.05) is 25.0 Å². The minimum absolute atomic E-state index is 0.121. The highest BCUT2D eigenvalue weighted by molar-refractivity contribution is 5.94. The van der Waals surface area contributed by atoms with E-state index in [4.69, 9.17) is 5.73 Å². The van der Waals surface area contributed by atoms with Crippen molar-refractivity contribution in [3.05, 3.63) is 11.9 Å². The predicted molar refractivity (Wildman–Crippen MR) is 66.6 cm³/mol. The van der Waals surface area contributed by atoms with Crippen molar-refractivity contribution in [2.24, 2.45) is 18.7 Å². The van der Waals surface area contributed by atoms with Crippen LogP contribution in [0.3, 0.4) is 0 Å². The maximum absolute atomic E-state index is 11.9. The number of rotatable bonds is 8. The third kappa shape index (κ3) is 4.26. The number of hydrogen-bond acceptors (Lipinski definition) is 4. The van der Waals surface area contributed by atoms with Crippen LogP contribution in [0.2, 0.25) is 0 Å². The lowest BCUT2D eigenvalue weighted by Crippen LogP contribution is -2.12. The van der Waals surface area contributed by atoms with Gasteiger partial charge in [-0.05, 0) is 25.3 Å². The molecule has 0 aliphatic heterocycles. The summed E-state index contributed by atoms with van der Waals surface area (Å²) in [5, 5.41) is 7.48. The zero-order valence-corrected chi connectivity index (χ0v) is 10.7. The van der Waals surface area contributed by atoms with Gasteiger partial charge in [0.25, 0.3) is 0 Å². The molecule has 0 bridgehead atoms. The molecule has 5 heteroatoms. The quantitative estimate of drug-likeness (QED) is 0.697. The average Bonchev–Trinajstić information content (AvgIpc) is 2.72. The molecule has 1 atom stereocenters. The van der Waals surface area contributed by atoms with Gasteiger partial charge in [0, 0.05) is 13.5 Å². The van der Waals surface area contributed by atoms with Crippen molar-refractivity contribution < 1.29 is 4.79 Å². The Kier molecular flexibility index (Phi) is 5.83. The van der Waals surface area contributed by atoms with E-state index in [1.165, 1.54) is 10.9 Å². The molecule has 5 nitrogen and oxygen atoms in total. The molecule has 0 aromatic carbocycles. The summed E-state index contributed by atoms with van der Waals surface area (Å²) in [5.41, 5.74) is 6.17. The van der Waals surface area contributed by atoms with Crippen LogP contribution in [0.1, 0.15) is 49.5 Å². The van der Waals surface area contributed by atoms with Gasteiger partial charge in [0.05, 0.1) is 6.20 Å². The Morgan fingerprint density at radius 1 is 1.47 bits per heavy atom. The van der Waals surface area contributed by atoms with E-state index in [0.29, 0.717) is 24.6 Å². The van der Waals surface area contributed by atoms with Gasteiger partial charge in [-0.3, -0.25) is 4.79 Å². The molecular formula is C12H22N4O. The molecular weight excluding hydrogens is 216 g/mol. The van der Waals surface area contributed by atoms with Gasteiger partial charge in [0.15, 0.2) is 5.78 Å². The van der Waals surface area contributed by atoms with Crippen LogP contribution in [0.5, 0.6) is 0 Å². The highest BCUT2D eigenvalue weighted by Gasteiger charge is 2.14. The van der Waals surface area contributed by atoms with Crippen LogP contribution in [0.15, 0.2) is 6.20 Å². The molecule has 0 fully saturated rings. The molecule has 2 N–H and O–H groups in total. The number of ketones is 1. The molecule has 0 radical (unpaired) electrons. The summed E-state index contributed by atoms with van der Waals surface area (Å²) < 4.78 is 1.53. The molecule has 1 aromatic heterocycles. The van der Waals surface area contributed by atoms with Crippen molar-refractivity contribution in [2.45, 2.75) is 39.0 Å². The van der Waals surface area contributed by atoms with Crippen LogP contribution in [0.4, 0.5) is 0 Å². The van der Waals surface area contributed by atoms with Gasteiger partial charge in [-0.15, -0.1) is 5.10 Å². The van der Waals surface area contributed by atoms with E-state index in [1.54, 1.807) is 7.05 Å². The second kappa shape index (κ2) is 7.17. The molecule has 0 aliphatic carbocycles. The molecule has 0 saturated carbocycles. The van der Waals surface area contributed by atoms with Gasteiger partial charge in [-0.25, -0.2) is 4.68 Å². The van der Waals surface area contributed by atoms with Gasteiger partial charge in [0.2, 0.25) is 0 Å². The van der Waals surface area contributed by atoms with Crippen LogP contribution >= 0.6 is 0 Å². The Balaban J connectivity index is 2.43. The minimum Gasteiger partial charge on any atom is -0.330 e. The largest absolute Gasteiger partial charge is 0.330 e. The smallest absolute Gasteiger partial charge is 0.182 e. The Hall–Kier alpha value is -1.23. The molecule has 1 unspecified atom stereocenters. The minimum atomic E-state index is 0.121. The highest BCUT2D eigenvalue weighted by Crippen LogP contribution is 2.18. The zero-order valence-electron chi connectivity index (χ0n) is 10.7. The number of hydrogen-bond donors (Lipinski definition) is 1. The molecule has 17 heavy (non-hydrogen) atoms. The Morgan fingerprint density at radius 3 is 2.76 bits per heavy atom. The third-order valence-electron chi connectivity index (χ3n) is 3.05. The summed E-state index contributed by atoms with van der Waals surface area (Å²) >= 11 is 0. The number of nitrogens with two attached hydrogens (primary N) is 1.